The van der Waals surface area contributed by atoms with Crippen molar-refractivity contribution in [3.63, 3.8) is 0 Å². The molecule has 1 N–H and O–H groups in total. The van der Waals surface area contributed by atoms with Crippen LogP contribution in [-0.4, -0.2) is 28.9 Å². The first-order valence-electron chi connectivity index (χ1n) is 8.35. The molecule has 0 spiro atoms. The van der Waals surface area contributed by atoms with Crippen molar-refractivity contribution >= 4 is 32.7 Å². The first-order chi connectivity index (χ1) is 12.5. The zero-order chi connectivity index (χ0) is 18.3. The highest BCUT2D eigenvalue weighted by Gasteiger charge is 2.21. The summed E-state index contributed by atoms with van der Waals surface area (Å²) in [6.45, 7) is 3.33. The standard InChI is InChI=1S/C20H17BrN2O3/c1-12-8-19(24)22-17-10-13(2-4-16(12)17)20(25)23-6-7-26-18-5-3-15(21)9-14(18)11-23/h2-5,8-10H,6-7,11H2,1H3,(H,22,24). The van der Waals surface area contributed by atoms with Crippen LogP contribution in [0.3, 0.4) is 0 Å². The lowest BCUT2D eigenvalue weighted by Crippen LogP contribution is -2.32. The number of aromatic nitrogens is 1. The summed E-state index contributed by atoms with van der Waals surface area (Å²) in [6, 6.07) is 12.8. The van der Waals surface area contributed by atoms with Crippen molar-refractivity contribution in [2.24, 2.45) is 0 Å². The van der Waals surface area contributed by atoms with Crippen LogP contribution < -0.4 is 10.3 Å². The fraction of sp³-hybridized carbons (Fsp3) is 0.200. The van der Waals surface area contributed by atoms with Crippen LogP contribution in [0, 0.1) is 6.92 Å². The number of H-pyrrole nitrogens is 1. The normalized spacial score (nSPS) is 13.8. The van der Waals surface area contributed by atoms with E-state index in [2.05, 4.69) is 20.9 Å². The monoisotopic (exact) mass is 412 g/mol. The minimum atomic E-state index is -0.165. The molecular formula is C20H17BrN2O3. The van der Waals surface area contributed by atoms with Gasteiger partial charge in [0.05, 0.1) is 6.54 Å². The molecule has 0 atom stereocenters. The third kappa shape index (κ3) is 3.12. The Balaban J connectivity index is 1.69. The Morgan fingerprint density at radius 2 is 2.04 bits per heavy atom. The Labute approximate surface area is 158 Å². The zero-order valence-electron chi connectivity index (χ0n) is 14.2. The molecule has 0 bridgehead atoms. The van der Waals surface area contributed by atoms with Gasteiger partial charge in [0, 0.05) is 39.1 Å². The molecule has 0 unspecified atom stereocenters. The number of carbonyl (C=O) groups excluding carboxylic acids is 1. The molecule has 132 valence electrons. The van der Waals surface area contributed by atoms with Crippen molar-refractivity contribution in [1.29, 1.82) is 0 Å². The van der Waals surface area contributed by atoms with Crippen LogP contribution >= 0.6 is 15.9 Å². The third-order valence-electron chi connectivity index (χ3n) is 4.59. The summed E-state index contributed by atoms with van der Waals surface area (Å²) >= 11 is 3.47. The fourth-order valence-electron chi connectivity index (χ4n) is 3.29. The van der Waals surface area contributed by atoms with E-state index in [0.717, 1.165) is 26.7 Å². The van der Waals surface area contributed by atoms with E-state index in [-0.39, 0.29) is 11.5 Å². The number of halogens is 1. The maximum atomic E-state index is 13.0. The number of nitrogens with zero attached hydrogens (tertiary/aromatic N) is 1. The van der Waals surface area contributed by atoms with Crippen molar-refractivity contribution in [2.45, 2.75) is 13.5 Å². The van der Waals surface area contributed by atoms with E-state index in [1.54, 1.807) is 17.0 Å². The summed E-state index contributed by atoms with van der Waals surface area (Å²) in [6.07, 6.45) is 0. The van der Waals surface area contributed by atoms with E-state index < -0.39 is 0 Å². The van der Waals surface area contributed by atoms with Crippen LogP contribution in [0.1, 0.15) is 21.5 Å². The summed E-state index contributed by atoms with van der Waals surface area (Å²) in [5.74, 6) is 0.729. The van der Waals surface area contributed by atoms with Crippen molar-refractivity contribution in [1.82, 2.24) is 9.88 Å². The van der Waals surface area contributed by atoms with Crippen molar-refractivity contribution in [3.8, 4) is 5.75 Å². The van der Waals surface area contributed by atoms with Gasteiger partial charge in [0.25, 0.3) is 5.91 Å². The molecule has 2 heterocycles. The first-order valence-corrected chi connectivity index (χ1v) is 9.15. The molecular weight excluding hydrogens is 396 g/mol. The number of carbonyl (C=O) groups is 1. The summed E-state index contributed by atoms with van der Waals surface area (Å²) in [5, 5.41) is 0.939. The Bertz CT molecular complexity index is 1070. The number of aromatic amines is 1. The van der Waals surface area contributed by atoms with Gasteiger partial charge >= 0.3 is 0 Å². The highest BCUT2D eigenvalue weighted by atomic mass is 79.9. The van der Waals surface area contributed by atoms with Crippen LogP contribution in [0.2, 0.25) is 0 Å². The zero-order valence-corrected chi connectivity index (χ0v) is 15.8. The number of nitrogens with one attached hydrogen (secondary N) is 1. The van der Waals surface area contributed by atoms with Crippen LogP contribution in [0.4, 0.5) is 0 Å². The second kappa shape index (κ2) is 6.61. The SMILES string of the molecule is Cc1cc(=O)[nH]c2cc(C(=O)N3CCOc4ccc(Br)cc4C3)ccc12. The predicted octanol–water partition coefficient (Wildman–Crippen LogP) is 3.63. The molecule has 2 aromatic carbocycles. The number of rotatable bonds is 1. The molecule has 1 aliphatic heterocycles. The number of ether oxygens (including phenoxy) is 1. The van der Waals surface area contributed by atoms with Gasteiger partial charge in [0.1, 0.15) is 12.4 Å². The molecule has 0 aliphatic carbocycles. The molecule has 1 aromatic heterocycles. The molecule has 0 saturated heterocycles. The molecule has 5 nitrogen and oxygen atoms in total. The minimum Gasteiger partial charge on any atom is -0.491 e. The van der Waals surface area contributed by atoms with Gasteiger partial charge in [-0.1, -0.05) is 22.0 Å². The number of fused-ring (bicyclic) bond motifs is 2. The Hall–Kier alpha value is -2.60. The molecule has 4 rings (SSSR count). The highest BCUT2D eigenvalue weighted by Crippen LogP contribution is 2.27. The fourth-order valence-corrected chi connectivity index (χ4v) is 3.70. The Morgan fingerprint density at radius 3 is 2.88 bits per heavy atom. The molecule has 26 heavy (non-hydrogen) atoms. The lowest BCUT2D eigenvalue weighted by atomic mass is 10.1. The number of benzene rings is 2. The van der Waals surface area contributed by atoms with Gasteiger partial charge in [0.2, 0.25) is 5.56 Å². The van der Waals surface area contributed by atoms with Gasteiger partial charge in [-0.2, -0.15) is 0 Å². The van der Waals surface area contributed by atoms with E-state index in [9.17, 15) is 9.59 Å². The van der Waals surface area contributed by atoms with Crippen molar-refractivity contribution < 1.29 is 9.53 Å². The van der Waals surface area contributed by atoms with E-state index in [4.69, 9.17) is 4.74 Å². The highest BCUT2D eigenvalue weighted by molar-refractivity contribution is 9.10. The molecule has 0 saturated carbocycles. The number of pyridine rings is 1. The van der Waals surface area contributed by atoms with Gasteiger partial charge in [-0.25, -0.2) is 0 Å². The van der Waals surface area contributed by atoms with Crippen molar-refractivity contribution in [3.05, 3.63) is 74.0 Å². The van der Waals surface area contributed by atoms with Gasteiger partial charge in [-0.05, 0) is 42.8 Å². The molecule has 0 radical (unpaired) electrons. The number of aryl methyl sites for hydroxylation is 1. The molecule has 1 aliphatic rings. The summed E-state index contributed by atoms with van der Waals surface area (Å²) < 4.78 is 6.71. The first kappa shape index (κ1) is 16.8. The van der Waals surface area contributed by atoms with Crippen LogP contribution in [0.5, 0.6) is 5.75 Å². The number of hydrogen-bond donors (Lipinski definition) is 1. The Morgan fingerprint density at radius 1 is 1.19 bits per heavy atom. The van der Waals surface area contributed by atoms with Gasteiger partial charge in [-0.3, -0.25) is 9.59 Å². The van der Waals surface area contributed by atoms with Gasteiger partial charge in [0.15, 0.2) is 0 Å². The minimum absolute atomic E-state index is 0.0781. The summed E-state index contributed by atoms with van der Waals surface area (Å²) in [7, 11) is 0. The lowest BCUT2D eigenvalue weighted by Gasteiger charge is -2.20. The van der Waals surface area contributed by atoms with E-state index in [1.165, 1.54) is 0 Å². The van der Waals surface area contributed by atoms with E-state index >= 15 is 0 Å². The smallest absolute Gasteiger partial charge is 0.254 e. The van der Waals surface area contributed by atoms with Crippen LogP contribution in [0.15, 0.2) is 51.7 Å². The van der Waals surface area contributed by atoms with Crippen LogP contribution in [-0.2, 0) is 6.54 Å². The summed E-state index contributed by atoms with van der Waals surface area (Å²) in [5.41, 5.74) is 2.92. The molecule has 0 fully saturated rings. The largest absolute Gasteiger partial charge is 0.491 e. The second-order valence-corrected chi connectivity index (χ2v) is 7.32. The van der Waals surface area contributed by atoms with Crippen molar-refractivity contribution in [2.75, 3.05) is 13.2 Å². The van der Waals surface area contributed by atoms with Crippen LogP contribution in [0.25, 0.3) is 10.9 Å². The topological polar surface area (TPSA) is 62.4 Å². The Kier molecular flexibility index (Phi) is 4.28. The van der Waals surface area contributed by atoms with E-state index in [1.807, 2.05) is 37.3 Å². The molecule has 3 aromatic rings. The third-order valence-corrected chi connectivity index (χ3v) is 5.08. The average molecular weight is 413 g/mol. The summed E-state index contributed by atoms with van der Waals surface area (Å²) in [4.78, 5) is 29.3. The molecule has 1 amide bonds. The predicted molar refractivity (Wildman–Crippen MR) is 104 cm³/mol. The number of hydrogen-bond acceptors (Lipinski definition) is 3. The van der Waals surface area contributed by atoms with Gasteiger partial charge in [-0.15, -0.1) is 0 Å². The average Bonchev–Trinajstić information content (AvgIpc) is 2.82. The lowest BCUT2D eigenvalue weighted by molar-refractivity contribution is 0.0733. The number of amides is 1. The molecule has 6 heteroatoms. The van der Waals surface area contributed by atoms with Gasteiger partial charge < -0.3 is 14.6 Å². The van der Waals surface area contributed by atoms with E-state index in [0.29, 0.717) is 30.8 Å². The second-order valence-electron chi connectivity index (χ2n) is 6.40. The maximum Gasteiger partial charge on any atom is 0.254 e. The quantitative estimate of drug-likeness (QED) is 0.663. The maximum absolute atomic E-state index is 13.0.